The van der Waals surface area contributed by atoms with Gasteiger partial charge < -0.3 is 10.1 Å². The molecule has 0 aliphatic carbocycles. The molecule has 1 amide bonds. The largest absolute Gasteiger partial charge is 0.496 e. The Kier molecular flexibility index (Phi) is 4.50. The molecule has 1 heterocycles. The van der Waals surface area contributed by atoms with E-state index in [0.29, 0.717) is 9.23 Å². The lowest BCUT2D eigenvalue weighted by atomic mass is 10.0. The fourth-order valence-corrected chi connectivity index (χ4v) is 3.39. The molecule has 23 heavy (non-hydrogen) atoms. The van der Waals surface area contributed by atoms with Crippen LogP contribution >= 0.6 is 24.0 Å². The maximum absolute atomic E-state index is 11.8. The molecule has 2 aromatic carbocycles. The average Bonchev–Trinajstić information content (AvgIpc) is 2.85. The highest BCUT2D eigenvalue weighted by atomic mass is 32.2. The highest BCUT2D eigenvalue weighted by molar-refractivity contribution is 8.26. The molecule has 1 fully saturated rings. The SMILES string of the molecule is COc1ccc(/C=C2\SC(=S)NC2=O)cc1-c1ccc(C)cc1. The predicted octanol–water partition coefficient (Wildman–Crippen LogP) is 4.16. The van der Waals surface area contributed by atoms with Crippen LogP contribution in [0, 0.1) is 6.92 Å². The van der Waals surface area contributed by atoms with Crippen molar-refractivity contribution < 1.29 is 9.53 Å². The summed E-state index contributed by atoms with van der Waals surface area (Å²) in [5.74, 6) is 0.655. The van der Waals surface area contributed by atoms with Crippen LogP contribution < -0.4 is 10.1 Å². The molecule has 3 nitrogen and oxygen atoms in total. The van der Waals surface area contributed by atoms with Crippen molar-refractivity contribution >= 4 is 40.3 Å². The van der Waals surface area contributed by atoms with Gasteiger partial charge in [-0.05, 0) is 36.3 Å². The molecule has 1 aliphatic heterocycles. The van der Waals surface area contributed by atoms with E-state index in [-0.39, 0.29) is 5.91 Å². The monoisotopic (exact) mass is 341 g/mol. The van der Waals surface area contributed by atoms with E-state index in [1.54, 1.807) is 7.11 Å². The summed E-state index contributed by atoms with van der Waals surface area (Å²) in [5.41, 5.74) is 4.21. The summed E-state index contributed by atoms with van der Waals surface area (Å²) in [5, 5.41) is 2.62. The molecule has 2 aromatic rings. The van der Waals surface area contributed by atoms with Crippen LogP contribution in [-0.4, -0.2) is 17.3 Å². The summed E-state index contributed by atoms with van der Waals surface area (Å²) < 4.78 is 5.96. The van der Waals surface area contributed by atoms with Crippen molar-refractivity contribution in [2.45, 2.75) is 6.92 Å². The second-order valence-corrected chi connectivity index (χ2v) is 6.90. The summed E-state index contributed by atoms with van der Waals surface area (Å²) in [4.78, 5) is 12.4. The quantitative estimate of drug-likeness (QED) is 0.672. The average molecular weight is 341 g/mol. The lowest BCUT2D eigenvalue weighted by Gasteiger charge is -2.10. The number of rotatable bonds is 3. The number of carbonyl (C=O) groups is 1. The Morgan fingerprint density at radius 3 is 2.52 bits per heavy atom. The molecule has 3 rings (SSSR count). The van der Waals surface area contributed by atoms with Gasteiger partial charge in [0.25, 0.3) is 5.91 Å². The van der Waals surface area contributed by atoms with Crippen molar-refractivity contribution in [2.24, 2.45) is 0 Å². The fourth-order valence-electron chi connectivity index (χ4n) is 2.35. The Hall–Kier alpha value is -2.11. The van der Waals surface area contributed by atoms with Gasteiger partial charge in [0.15, 0.2) is 0 Å². The molecule has 1 N–H and O–H groups in total. The highest BCUT2D eigenvalue weighted by Crippen LogP contribution is 2.33. The molecule has 1 aliphatic rings. The number of carbonyl (C=O) groups excluding carboxylic acids is 1. The summed E-state index contributed by atoms with van der Waals surface area (Å²) in [6.07, 6.45) is 1.84. The van der Waals surface area contributed by atoms with Gasteiger partial charge >= 0.3 is 0 Å². The minimum atomic E-state index is -0.146. The lowest BCUT2D eigenvalue weighted by molar-refractivity contribution is -0.115. The number of hydrogen-bond donors (Lipinski definition) is 1. The number of amides is 1. The molecule has 0 saturated carbocycles. The predicted molar refractivity (Wildman–Crippen MR) is 99.5 cm³/mol. The van der Waals surface area contributed by atoms with Crippen LogP contribution in [0.15, 0.2) is 47.4 Å². The van der Waals surface area contributed by atoms with Crippen molar-refractivity contribution in [3.05, 3.63) is 58.5 Å². The van der Waals surface area contributed by atoms with Crippen molar-refractivity contribution in [2.75, 3.05) is 7.11 Å². The van der Waals surface area contributed by atoms with E-state index in [4.69, 9.17) is 17.0 Å². The molecule has 0 atom stereocenters. The summed E-state index contributed by atoms with van der Waals surface area (Å²) >= 11 is 6.30. The van der Waals surface area contributed by atoms with E-state index in [0.717, 1.165) is 22.4 Å². The third kappa shape index (κ3) is 3.46. The maximum atomic E-state index is 11.8. The number of ether oxygens (including phenoxy) is 1. The van der Waals surface area contributed by atoms with Crippen LogP contribution in [-0.2, 0) is 4.79 Å². The van der Waals surface area contributed by atoms with E-state index >= 15 is 0 Å². The maximum Gasteiger partial charge on any atom is 0.263 e. The lowest BCUT2D eigenvalue weighted by Crippen LogP contribution is -2.17. The molecule has 116 valence electrons. The number of aryl methyl sites for hydroxylation is 1. The topological polar surface area (TPSA) is 38.3 Å². The van der Waals surface area contributed by atoms with Crippen LogP contribution in [0.25, 0.3) is 17.2 Å². The van der Waals surface area contributed by atoms with Gasteiger partial charge in [-0.1, -0.05) is 59.9 Å². The van der Waals surface area contributed by atoms with Gasteiger partial charge in [0.1, 0.15) is 10.1 Å². The Balaban J connectivity index is 2.03. The van der Waals surface area contributed by atoms with Crippen molar-refractivity contribution in [1.82, 2.24) is 5.32 Å². The zero-order valence-corrected chi connectivity index (χ0v) is 14.4. The molecule has 0 spiro atoms. The van der Waals surface area contributed by atoms with Gasteiger partial charge in [0.05, 0.1) is 12.0 Å². The third-order valence-corrected chi connectivity index (χ3v) is 4.69. The number of methoxy groups -OCH3 is 1. The van der Waals surface area contributed by atoms with Crippen molar-refractivity contribution in [1.29, 1.82) is 0 Å². The fraction of sp³-hybridized carbons (Fsp3) is 0.111. The van der Waals surface area contributed by atoms with Gasteiger partial charge in [0, 0.05) is 5.56 Å². The van der Waals surface area contributed by atoms with E-state index in [1.165, 1.54) is 17.3 Å². The van der Waals surface area contributed by atoms with Gasteiger partial charge in [-0.25, -0.2) is 0 Å². The number of benzene rings is 2. The highest BCUT2D eigenvalue weighted by Gasteiger charge is 2.22. The van der Waals surface area contributed by atoms with Gasteiger partial charge in [-0.15, -0.1) is 0 Å². The van der Waals surface area contributed by atoms with E-state index in [1.807, 2.05) is 24.3 Å². The number of thiocarbonyl (C=S) groups is 1. The first kappa shape index (κ1) is 15.8. The molecule has 5 heteroatoms. The Labute approximate surface area is 144 Å². The van der Waals surface area contributed by atoms with E-state index in [9.17, 15) is 4.79 Å². The first-order valence-electron chi connectivity index (χ1n) is 7.07. The third-order valence-electron chi connectivity index (χ3n) is 3.53. The smallest absolute Gasteiger partial charge is 0.263 e. The van der Waals surface area contributed by atoms with Crippen LogP contribution in [0.4, 0.5) is 0 Å². The van der Waals surface area contributed by atoms with Crippen LogP contribution in [0.3, 0.4) is 0 Å². The Bertz CT molecular complexity index is 810. The van der Waals surface area contributed by atoms with Crippen LogP contribution in [0.1, 0.15) is 11.1 Å². The van der Waals surface area contributed by atoms with Gasteiger partial charge in [-0.2, -0.15) is 0 Å². The normalized spacial score (nSPS) is 15.8. The molecule has 1 saturated heterocycles. The van der Waals surface area contributed by atoms with Crippen LogP contribution in [0.5, 0.6) is 5.75 Å². The first-order valence-corrected chi connectivity index (χ1v) is 8.29. The van der Waals surface area contributed by atoms with Crippen LogP contribution in [0.2, 0.25) is 0 Å². The number of thioether (sulfide) groups is 1. The van der Waals surface area contributed by atoms with E-state index < -0.39 is 0 Å². The summed E-state index contributed by atoms with van der Waals surface area (Å²) in [6, 6.07) is 14.1. The Morgan fingerprint density at radius 1 is 1.17 bits per heavy atom. The summed E-state index contributed by atoms with van der Waals surface area (Å²) in [6.45, 7) is 2.06. The Morgan fingerprint density at radius 2 is 1.91 bits per heavy atom. The first-order chi connectivity index (χ1) is 11.1. The zero-order valence-electron chi connectivity index (χ0n) is 12.8. The van der Waals surface area contributed by atoms with E-state index in [2.05, 4.69) is 36.5 Å². The van der Waals surface area contributed by atoms with Crippen molar-refractivity contribution in [3.63, 3.8) is 0 Å². The number of hydrogen-bond acceptors (Lipinski definition) is 4. The molecule has 0 radical (unpaired) electrons. The molecular formula is C18H15NO2S2. The standard InChI is InChI=1S/C18H15NO2S2/c1-11-3-6-13(7-4-11)14-9-12(5-8-15(14)21-2)10-16-17(20)19-18(22)23-16/h3-10H,1-2H3,(H,19,20,22)/b16-10-. The number of nitrogens with one attached hydrogen (secondary N) is 1. The molecule has 0 bridgehead atoms. The zero-order chi connectivity index (χ0) is 16.4. The summed E-state index contributed by atoms with van der Waals surface area (Å²) in [7, 11) is 1.66. The van der Waals surface area contributed by atoms with Gasteiger partial charge in [0.2, 0.25) is 0 Å². The second-order valence-electron chi connectivity index (χ2n) is 5.18. The molecule has 0 unspecified atom stereocenters. The molecule has 0 aromatic heterocycles. The molecular weight excluding hydrogens is 326 g/mol. The second kappa shape index (κ2) is 6.56. The minimum absolute atomic E-state index is 0.146. The van der Waals surface area contributed by atoms with Crippen molar-refractivity contribution in [3.8, 4) is 16.9 Å². The van der Waals surface area contributed by atoms with Gasteiger partial charge in [-0.3, -0.25) is 4.79 Å². The minimum Gasteiger partial charge on any atom is -0.496 e.